The van der Waals surface area contributed by atoms with Crippen LogP contribution in [0.4, 0.5) is 0 Å². The Morgan fingerprint density at radius 2 is 0.923 bits per heavy atom. The third-order valence-electron chi connectivity index (χ3n) is 6.73. The van der Waals surface area contributed by atoms with E-state index in [0.717, 1.165) is 0 Å². The quantitative estimate of drug-likeness (QED) is 0.178. The van der Waals surface area contributed by atoms with E-state index in [-0.39, 0.29) is 24.8 Å². The SMILES string of the molecule is Cc1cc2c(ccc3ccccc32)[cH-]1.Cc1cc2c(ccc3ccccc32)[cH-]1.[CH3][Ge](=[Hf+2])[c]1ccccc1.[Cl-].[Cl-]. The molecule has 0 radical (unpaired) electrons. The number of benzene rings is 5. The van der Waals surface area contributed by atoms with Crippen LogP contribution < -0.4 is 29.2 Å². The van der Waals surface area contributed by atoms with E-state index < -0.39 is 10.1 Å². The summed E-state index contributed by atoms with van der Waals surface area (Å²) in [5, 5.41) is 10.8. The van der Waals surface area contributed by atoms with Crippen LogP contribution in [0.5, 0.6) is 0 Å². The molecule has 7 aromatic rings. The van der Waals surface area contributed by atoms with E-state index in [1.807, 2.05) is 0 Å². The number of aryl methyl sites for hydroxylation is 2. The Kier molecular flexibility index (Phi) is 11.6. The summed E-state index contributed by atoms with van der Waals surface area (Å²) in [6, 6.07) is 45.8. The molecule has 7 aromatic carbocycles. The van der Waals surface area contributed by atoms with E-state index in [1.165, 1.54) is 75.5 Å². The number of halogens is 2. The number of fused-ring (bicyclic) bond motifs is 6. The van der Waals surface area contributed by atoms with Crippen molar-refractivity contribution in [3.63, 3.8) is 0 Å². The molecule has 0 aliphatic rings. The smallest absolute Gasteiger partial charge is 1.00 e. The molecule has 0 amide bonds. The van der Waals surface area contributed by atoms with Gasteiger partial charge in [0.15, 0.2) is 0 Å². The topological polar surface area (TPSA) is 0 Å². The maximum absolute atomic E-state index is 2.43. The van der Waals surface area contributed by atoms with Crippen LogP contribution in [-0.2, 0) is 21.3 Å². The second-order valence-corrected chi connectivity index (χ2v) is 27.5. The van der Waals surface area contributed by atoms with Crippen LogP contribution in [-0.4, -0.2) is 10.1 Å². The molecule has 0 unspecified atom stereocenters. The molecule has 0 aliphatic heterocycles. The summed E-state index contributed by atoms with van der Waals surface area (Å²) in [6.45, 7) is 4.30. The summed E-state index contributed by atoms with van der Waals surface area (Å²) < 4.78 is 1.64. The van der Waals surface area contributed by atoms with Crippen molar-refractivity contribution in [2.45, 2.75) is 19.6 Å². The van der Waals surface area contributed by atoms with Crippen LogP contribution in [0, 0.1) is 13.8 Å². The maximum atomic E-state index is 2.43. The van der Waals surface area contributed by atoms with Gasteiger partial charge in [0, 0.05) is 0 Å². The second kappa shape index (κ2) is 14.5. The van der Waals surface area contributed by atoms with E-state index >= 15 is 0 Å². The fourth-order valence-corrected chi connectivity index (χ4v) is 9.48. The molecule has 0 saturated heterocycles. The Morgan fingerprint density at radius 1 is 0.513 bits per heavy atom. The van der Waals surface area contributed by atoms with Crippen molar-refractivity contribution in [1.82, 2.24) is 0 Å². The van der Waals surface area contributed by atoms with Crippen LogP contribution in [0.2, 0.25) is 5.76 Å². The molecule has 0 spiro atoms. The van der Waals surface area contributed by atoms with Crippen LogP contribution in [0.3, 0.4) is 0 Å². The van der Waals surface area contributed by atoms with Crippen molar-refractivity contribution in [3.8, 4) is 0 Å². The van der Waals surface area contributed by atoms with Gasteiger partial charge in [-0.3, -0.25) is 0 Å². The van der Waals surface area contributed by atoms with Crippen LogP contribution in [0.25, 0.3) is 43.1 Å². The van der Waals surface area contributed by atoms with Gasteiger partial charge in [-0.15, -0.1) is 56.9 Å². The zero-order chi connectivity index (χ0) is 25.8. The molecular formula is C35H30Cl2GeHf-2. The van der Waals surface area contributed by atoms with Gasteiger partial charge in [0.25, 0.3) is 0 Å². The molecule has 0 heterocycles. The Balaban J connectivity index is 0.000000162. The van der Waals surface area contributed by atoms with E-state index in [2.05, 4.69) is 147 Å². The van der Waals surface area contributed by atoms with Crippen LogP contribution in [0.15, 0.2) is 127 Å². The monoisotopic (exact) mass is 774 g/mol. The molecule has 0 aromatic heterocycles. The van der Waals surface area contributed by atoms with Gasteiger partial charge in [-0.2, -0.15) is 12.1 Å². The minimum atomic E-state index is -0.627. The predicted molar refractivity (Wildman–Crippen MR) is 161 cm³/mol. The minimum absolute atomic E-state index is 0. The molecular weight excluding hydrogens is 742 g/mol. The summed E-state index contributed by atoms with van der Waals surface area (Å²) in [4.78, 5) is 0. The van der Waals surface area contributed by atoms with Crippen molar-refractivity contribution >= 4 is 57.5 Å². The Morgan fingerprint density at radius 3 is 1.33 bits per heavy atom. The Bertz CT molecular complexity index is 1720. The van der Waals surface area contributed by atoms with Gasteiger partial charge >= 0.3 is 71.8 Å². The molecule has 0 fully saturated rings. The van der Waals surface area contributed by atoms with E-state index in [4.69, 9.17) is 0 Å². The van der Waals surface area contributed by atoms with Gasteiger partial charge in [-0.05, 0) is 10.8 Å². The molecule has 0 atom stereocenters. The van der Waals surface area contributed by atoms with Gasteiger partial charge in [0.05, 0.1) is 0 Å². The van der Waals surface area contributed by atoms with Gasteiger partial charge in [0.1, 0.15) is 0 Å². The number of hydrogen-bond donors (Lipinski definition) is 0. The first-order valence-electron chi connectivity index (χ1n) is 12.7. The van der Waals surface area contributed by atoms with Gasteiger partial charge < -0.3 is 24.8 Å². The van der Waals surface area contributed by atoms with E-state index in [0.29, 0.717) is 0 Å². The predicted octanol–water partition coefficient (Wildman–Crippen LogP) is 3.11. The largest absolute Gasteiger partial charge is 1.00 e. The average Bonchev–Trinajstić information content (AvgIpc) is 3.51. The zero-order valence-corrected chi connectivity index (χ0v) is 29.6. The molecule has 0 bridgehead atoms. The van der Waals surface area contributed by atoms with Gasteiger partial charge in [-0.1, -0.05) is 85.3 Å². The third kappa shape index (κ3) is 7.52. The first kappa shape index (κ1) is 31.4. The summed E-state index contributed by atoms with van der Waals surface area (Å²) in [5.41, 5.74) is 2.69. The standard InChI is InChI=1S/2C14H11.C7H8Ge.2ClH.Hf/c2*1-10-8-12-7-6-11-4-2-3-5-13(11)14(12)9-10;1-8-7-5-3-2-4-6-7;;;/h2*2-9H,1H3;2-6H,1H3;2*1H;/q2*-1;;;;+2/p-2. The Hall–Kier alpha value is -2.17. The van der Waals surface area contributed by atoms with Crippen molar-refractivity contribution < 1.29 is 46.1 Å². The second-order valence-electron chi connectivity index (χ2n) is 9.64. The summed E-state index contributed by atoms with van der Waals surface area (Å²) in [5.74, 6) is 2.43. The summed E-state index contributed by atoms with van der Waals surface area (Å²) >= 11 is 1.42. The fourth-order valence-electron chi connectivity index (χ4n) is 4.92. The number of rotatable bonds is 1. The van der Waals surface area contributed by atoms with E-state index in [9.17, 15) is 0 Å². The molecule has 4 heteroatoms. The molecule has 0 saturated carbocycles. The van der Waals surface area contributed by atoms with Crippen molar-refractivity contribution in [1.29, 1.82) is 0 Å². The summed E-state index contributed by atoms with van der Waals surface area (Å²) in [7, 11) is -0.627. The summed E-state index contributed by atoms with van der Waals surface area (Å²) in [6.07, 6.45) is 0. The third-order valence-corrected chi connectivity index (χ3v) is 14.6. The Labute approximate surface area is 259 Å². The van der Waals surface area contributed by atoms with Crippen molar-refractivity contribution in [2.75, 3.05) is 0 Å². The molecule has 7 rings (SSSR count). The molecule has 194 valence electrons. The normalized spacial score (nSPS) is 10.2. The first-order valence-corrected chi connectivity index (χ1v) is 26.2. The average molecular weight is 773 g/mol. The minimum Gasteiger partial charge on any atom is -1.00 e. The number of hydrogen-bond acceptors (Lipinski definition) is 0. The molecule has 39 heavy (non-hydrogen) atoms. The van der Waals surface area contributed by atoms with Crippen molar-refractivity contribution in [2.24, 2.45) is 0 Å². The maximum Gasteiger partial charge on any atom is -1.00 e. The van der Waals surface area contributed by atoms with Crippen LogP contribution in [0.1, 0.15) is 11.1 Å². The van der Waals surface area contributed by atoms with Gasteiger partial charge in [-0.25, -0.2) is 0 Å². The molecule has 0 nitrogen and oxygen atoms in total. The van der Waals surface area contributed by atoms with E-state index in [1.54, 1.807) is 4.40 Å². The van der Waals surface area contributed by atoms with Gasteiger partial charge in [0.2, 0.25) is 0 Å². The zero-order valence-electron chi connectivity index (χ0n) is 22.4. The van der Waals surface area contributed by atoms with Crippen LogP contribution >= 0.6 is 0 Å². The fraction of sp³-hybridized carbons (Fsp3) is 0.0857. The molecule has 0 N–H and O–H groups in total. The van der Waals surface area contributed by atoms with Crippen molar-refractivity contribution in [3.05, 3.63) is 139 Å². The molecule has 0 aliphatic carbocycles. The first-order chi connectivity index (χ1) is 18.0.